The van der Waals surface area contributed by atoms with E-state index in [0.717, 1.165) is 0 Å². The number of rotatable bonds is 4. The number of aromatic nitrogens is 3. The van der Waals surface area contributed by atoms with Crippen LogP contribution in [0.5, 0.6) is 0 Å². The van der Waals surface area contributed by atoms with Crippen LogP contribution in [0.15, 0.2) is 23.8 Å². The SMILES string of the molecule is CC(C)(C)N1CC(Nc2ccc(C(=O)Nc3nncs3)cn2)CC1=O. The van der Waals surface area contributed by atoms with Crippen molar-refractivity contribution < 1.29 is 9.59 Å². The molecule has 0 spiro atoms. The van der Waals surface area contributed by atoms with Gasteiger partial charge in [0.15, 0.2) is 0 Å². The number of pyridine rings is 1. The fourth-order valence-corrected chi connectivity index (χ4v) is 3.11. The molecule has 1 aliphatic rings. The van der Waals surface area contributed by atoms with Crippen LogP contribution >= 0.6 is 11.3 Å². The van der Waals surface area contributed by atoms with Gasteiger partial charge >= 0.3 is 0 Å². The van der Waals surface area contributed by atoms with Gasteiger partial charge in [0, 0.05) is 24.7 Å². The normalized spacial score (nSPS) is 17.6. The molecule has 0 saturated carbocycles. The van der Waals surface area contributed by atoms with Crippen molar-refractivity contribution in [2.45, 2.75) is 38.8 Å². The number of carbonyl (C=O) groups is 2. The van der Waals surface area contributed by atoms with Crippen molar-refractivity contribution in [2.24, 2.45) is 0 Å². The van der Waals surface area contributed by atoms with Gasteiger partial charge < -0.3 is 10.2 Å². The van der Waals surface area contributed by atoms with E-state index in [1.54, 1.807) is 17.6 Å². The fraction of sp³-hybridized carbons (Fsp3) is 0.438. The second kappa shape index (κ2) is 6.75. The summed E-state index contributed by atoms with van der Waals surface area (Å²) in [5.41, 5.74) is 1.79. The minimum atomic E-state index is -0.286. The van der Waals surface area contributed by atoms with E-state index in [-0.39, 0.29) is 23.4 Å². The first-order valence-corrected chi connectivity index (χ1v) is 8.81. The van der Waals surface area contributed by atoms with Crippen molar-refractivity contribution in [2.75, 3.05) is 17.2 Å². The molecule has 1 unspecified atom stereocenters. The first-order chi connectivity index (χ1) is 11.8. The Labute approximate surface area is 149 Å². The highest BCUT2D eigenvalue weighted by molar-refractivity contribution is 7.13. The zero-order chi connectivity index (χ0) is 18.0. The number of nitrogens with zero attached hydrogens (tertiary/aromatic N) is 4. The monoisotopic (exact) mass is 360 g/mol. The highest BCUT2D eigenvalue weighted by Crippen LogP contribution is 2.23. The topological polar surface area (TPSA) is 100 Å². The van der Waals surface area contributed by atoms with Gasteiger partial charge in [0.1, 0.15) is 11.3 Å². The van der Waals surface area contributed by atoms with Crippen LogP contribution in [0, 0.1) is 0 Å². The van der Waals surface area contributed by atoms with E-state index < -0.39 is 0 Å². The number of hydrogen-bond acceptors (Lipinski definition) is 7. The first-order valence-electron chi connectivity index (χ1n) is 7.93. The third-order valence-corrected chi connectivity index (χ3v) is 4.50. The van der Waals surface area contributed by atoms with Gasteiger partial charge in [-0.3, -0.25) is 14.9 Å². The predicted octanol–water partition coefficient (Wildman–Crippen LogP) is 2.00. The molecule has 9 heteroatoms. The van der Waals surface area contributed by atoms with Crippen molar-refractivity contribution >= 4 is 34.1 Å². The molecule has 2 amide bonds. The van der Waals surface area contributed by atoms with Gasteiger partial charge in [-0.2, -0.15) is 0 Å². The van der Waals surface area contributed by atoms with Crippen molar-refractivity contribution in [3.8, 4) is 0 Å². The maximum Gasteiger partial charge on any atom is 0.259 e. The quantitative estimate of drug-likeness (QED) is 0.865. The third-order valence-electron chi connectivity index (χ3n) is 3.89. The molecule has 3 rings (SSSR count). The summed E-state index contributed by atoms with van der Waals surface area (Å²) >= 11 is 1.25. The van der Waals surface area contributed by atoms with Crippen LogP contribution in [0.3, 0.4) is 0 Å². The molecule has 1 fully saturated rings. The molecular weight excluding hydrogens is 340 g/mol. The summed E-state index contributed by atoms with van der Waals surface area (Å²) in [6.07, 6.45) is 1.94. The van der Waals surface area contributed by atoms with E-state index in [2.05, 4.69) is 25.8 Å². The van der Waals surface area contributed by atoms with Gasteiger partial charge in [-0.25, -0.2) is 4.98 Å². The largest absolute Gasteiger partial charge is 0.365 e. The lowest BCUT2D eigenvalue weighted by molar-refractivity contribution is -0.131. The van der Waals surface area contributed by atoms with Crippen molar-refractivity contribution in [1.82, 2.24) is 20.1 Å². The highest BCUT2D eigenvalue weighted by Gasteiger charge is 2.36. The van der Waals surface area contributed by atoms with Gasteiger partial charge in [-0.1, -0.05) is 11.3 Å². The van der Waals surface area contributed by atoms with E-state index in [9.17, 15) is 9.59 Å². The molecule has 25 heavy (non-hydrogen) atoms. The Kier molecular flexibility index (Phi) is 4.67. The Bertz CT molecular complexity index is 754. The molecule has 3 heterocycles. The minimum Gasteiger partial charge on any atom is -0.365 e. The smallest absolute Gasteiger partial charge is 0.259 e. The summed E-state index contributed by atoms with van der Waals surface area (Å²) < 4.78 is 0. The van der Waals surface area contributed by atoms with Gasteiger partial charge in [0.25, 0.3) is 5.91 Å². The van der Waals surface area contributed by atoms with E-state index in [4.69, 9.17) is 0 Å². The standard InChI is InChI=1S/C16H20N6O2S/c1-16(2,3)22-8-11(6-13(22)23)19-12-5-4-10(7-17-12)14(24)20-15-21-18-9-25-15/h4-5,7,9,11H,6,8H2,1-3H3,(H,17,19)(H,20,21,24). The number of carbonyl (C=O) groups excluding carboxylic acids is 2. The molecule has 1 aliphatic heterocycles. The van der Waals surface area contributed by atoms with Crippen molar-refractivity contribution in [1.29, 1.82) is 0 Å². The van der Waals surface area contributed by atoms with E-state index in [1.807, 2.05) is 25.7 Å². The van der Waals surface area contributed by atoms with Gasteiger partial charge in [0.05, 0.1) is 11.6 Å². The number of nitrogens with one attached hydrogen (secondary N) is 2. The van der Waals surface area contributed by atoms with Crippen LogP contribution in [0.4, 0.5) is 10.9 Å². The van der Waals surface area contributed by atoms with Crippen LogP contribution < -0.4 is 10.6 Å². The number of likely N-dealkylation sites (tertiary alicyclic amines) is 1. The van der Waals surface area contributed by atoms with Crippen molar-refractivity contribution in [3.63, 3.8) is 0 Å². The molecule has 1 saturated heterocycles. The van der Waals surface area contributed by atoms with Crippen LogP contribution in [0.2, 0.25) is 0 Å². The van der Waals surface area contributed by atoms with Gasteiger partial charge in [0.2, 0.25) is 11.0 Å². The summed E-state index contributed by atoms with van der Waals surface area (Å²) in [6.45, 7) is 6.72. The molecule has 132 valence electrons. The lowest BCUT2D eigenvalue weighted by atomic mass is 10.1. The second-order valence-corrected chi connectivity index (χ2v) is 7.68. The first kappa shape index (κ1) is 17.3. The van der Waals surface area contributed by atoms with Crippen LogP contribution in [0.25, 0.3) is 0 Å². The predicted molar refractivity (Wildman–Crippen MR) is 95.6 cm³/mol. The Hall–Kier alpha value is -2.55. The lowest BCUT2D eigenvalue weighted by Crippen LogP contribution is -2.43. The maximum atomic E-state index is 12.1. The molecule has 2 aromatic heterocycles. The Morgan fingerprint density at radius 1 is 1.36 bits per heavy atom. The summed E-state index contributed by atoms with van der Waals surface area (Å²) in [5.74, 6) is 0.491. The fourth-order valence-electron chi connectivity index (χ4n) is 2.67. The zero-order valence-electron chi connectivity index (χ0n) is 14.3. The molecule has 0 bridgehead atoms. The van der Waals surface area contributed by atoms with Gasteiger partial charge in [-0.05, 0) is 32.9 Å². The number of anilines is 2. The summed E-state index contributed by atoms with van der Waals surface area (Å²) in [4.78, 5) is 30.3. The van der Waals surface area contributed by atoms with E-state index >= 15 is 0 Å². The Morgan fingerprint density at radius 2 is 2.16 bits per heavy atom. The summed E-state index contributed by atoms with van der Waals surface area (Å²) in [6, 6.07) is 3.43. The molecular formula is C16H20N6O2S. The molecule has 0 aliphatic carbocycles. The molecule has 0 radical (unpaired) electrons. The molecule has 1 atom stereocenters. The molecule has 2 aromatic rings. The van der Waals surface area contributed by atoms with Crippen molar-refractivity contribution in [3.05, 3.63) is 29.4 Å². The van der Waals surface area contributed by atoms with Crippen LogP contribution in [-0.2, 0) is 4.79 Å². The number of hydrogen-bond donors (Lipinski definition) is 2. The van der Waals surface area contributed by atoms with E-state index in [0.29, 0.717) is 29.5 Å². The summed E-state index contributed by atoms with van der Waals surface area (Å²) in [5, 5.41) is 13.8. The Morgan fingerprint density at radius 3 is 2.72 bits per heavy atom. The minimum absolute atomic E-state index is 0.0142. The zero-order valence-corrected chi connectivity index (χ0v) is 15.1. The third kappa shape index (κ3) is 4.11. The number of amides is 2. The average molecular weight is 360 g/mol. The molecule has 8 nitrogen and oxygen atoms in total. The highest BCUT2D eigenvalue weighted by atomic mass is 32.1. The maximum absolute atomic E-state index is 12.1. The lowest BCUT2D eigenvalue weighted by Gasteiger charge is -2.32. The second-order valence-electron chi connectivity index (χ2n) is 6.85. The van der Waals surface area contributed by atoms with Crippen LogP contribution in [-0.4, -0.2) is 50.0 Å². The Balaban J connectivity index is 1.60. The van der Waals surface area contributed by atoms with E-state index in [1.165, 1.54) is 17.5 Å². The van der Waals surface area contributed by atoms with Crippen LogP contribution in [0.1, 0.15) is 37.6 Å². The molecule has 0 aromatic carbocycles. The molecule has 2 N–H and O–H groups in total. The van der Waals surface area contributed by atoms with Gasteiger partial charge in [-0.15, -0.1) is 10.2 Å². The average Bonchev–Trinajstić information content (AvgIpc) is 3.17. The summed E-state index contributed by atoms with van der Waals surface area (Å²) in [7, 11) is 0.